The first kappa shape index (κ1) is 11.0. The molecule has 0 unspecified atom stereocenters. The van der Waals surface area contributed by atoms with E-state index < -0.39 is 11.4 Å². The number of aliphatic carboxylic acids is 1. The number of carbonyl (C=O) groups is 1. The summed E-state index contributed by atoms with van der Waals surface area (Å²) in [5, 5.41) is 8.74. The summed E-state index contributed by atoms with van der Waals surface area (Å²) < 4.78 is 0. The zero-order chi connectivity index (χ0) is 9.78. The fourth-order valence-electron chi connectivity index (χ4n) is 0.552. The van der Waals surface area contributed by atoms with E-state index in [1.54, 1.807) is 13.8 Å². The van der Waals surface area contributed by atoms with Gasteiger partial charge in [0.15, 0.2) is 0 Å². The lowest BCUT2D eigenvalue weighted by molar-refractivity contribution is -0.146. The third-order valence-corrected chi connectivity index (χ3v) is 1.50. The lowest BCUT2D eigenvalue weighted by Crippen LogP contribution is -2.22. The minimum atomic E-state index is -0.791. The molecule has 0 spiro atoms. The van der Waals surface area contributed by atoms with Gasteiger partial charge in [0.25, 0.3) is 0 Å². The Morgan fingerprint density at radius 2 is 2.00 bits per heavy atom. The molecule has 0 rings (SSSR count). The highest BCUT2D eigenvalue weighted by Crippen LogP contribution is 2.19. The molecule has 0 radical (unpaired) electrons. The molecule has 0 bridgehead atoms. The maximum atomic E-state index is 10.6. The van der Waals surface area contributed by atoms with Crippen LogP contribution in [0.4, 0.5) is 0 Å². The first-order chi connectivity index (χ1) is 5.36. The first-order valence-corrected chi connectivity index (χ1v) is 4.08. The van der Waals surface area contributed by atoms with E-state index in [0.717, 1.165) is 0 Å². The minimum Gasteiger partial charge on any atom is -0.481 e. The summed E-state index contributed by atoms with van der Waals surface area (Å²) in [5.41, 5.74) is -0.720. The van der Waals surface area contributed by atoms with Crippen LogP contribution in [0, 0.1) is 23.2 Å². The Kier molecular flexibility index (Phi) is 3.82. The third kappa shape index (κ3) is 4.02. The highest BCUT2D eigenvalue weighted by molar-refractivity contribution is 5.73. The summed E-state index contributed by atoms with van der Waals surface area (Å²) in [4.78, 5) is 10.6. The zero-order valence-electron chi connectivity index (χ0n) is 8.14. The van der Waals surface area contributed by atoms with Crippen LogP contribution in [0.3, 0.4) is 0 Å². The van der Waals surface area contributed by atoms with Crippen molar-refractivity contribution in [2.24, 2.45) is 11.3 Å². The van der Waals surface area contributed by atoms with Crippen molar-refractivity contribution >= 4 is 5.97 Å². The average molecular weight is 168 g/mol. The van der Waals surface area contributed by atoms with E-state index >= 15 is 0 Å². The monoisotopic (exact) mass is 168 g/mol. The van der Waals surface area contributed by atoms with E-state index in [4.69, 9.17) is 5.11 Å². The molecule has 0 saturated carbocycles. The number of hydrogen-bond acceptors (Lipinski definition) is 1. The second kappa shape index (κ2) is 4.15. The van der Waals surface area contributed by atoms with E-state index in [0.29, 0.717) is 12.3 Å². The van der Waals surface area contributed by atoms with Gasteiger partial charge in [0.2, 0.25) is 0 Å². The molecule has 0 aliphatic carbocycles. The first-order valence-electron chi connectivity index (χ1n) is 4.08. The van der Waals surface area contributed by atoms with Crippen molar-refractivity contribution in [3.8, 4) is 11.8 Å². The van der Waals surface area contributed by atoms with E-state index in [1.165, 1.54) is 0 Å². The van der Waals surface area contributed by atoms with Crippen LogP contribution in [0.1, 0.15) is 34.1 Å². The maximum Gasteiger partial charge on any atom is 0.310 e. The lowest BCUT2D eigenvalue weighted by Gasteiger charge is -2.14. The van der Waals surface area contributed by atoms with Gasteiger partial charge in [-0.3, -0.25) is 4.79 Å². The number of carboxylic acid groups (broad SMARTS) is 1. The van der Waals surface area contributed by atoms with Gasteiger partial charge in [-0.25, -0.2) is 0 Å². The van der Waals surface area contributed by atoms with Crippen molar-refractivity contribution in [1.82, 2.24) is 0 Å². The molecule has 0 aliphatic rings. The summed E-state index contributed by atoms with van der Waals surface area (Å²) in [7, 11) is 0. The van der Waals surface area contributed by atoms with Gasteiger partial charge in [-0.1, -0.05) is 13.8 Å². The maximum absolute atomic E-state index is 10.6. The number of carboxylic acids is 1. The van der Waals surface area contributed by atoms with Crippen molar-refractivity contribution in [1.29, 1.82) is 0 Å². The number of rotatable bonds is 2. The number of hydrogen-bond donors (Lipinski definition) is 1. The molecule has 68 valence electrons. The van der Waals surface area contributed by atoms with Crippen LogP contribution in [-0.2, 0) is 4.79 Å². The van der Waals surface area contributed by atoms with E-state index in [2.05, 4.69) is 11.8 Å². The Balaban J connectivity index is 4.12. The highest BCUT2D eigenvalue weighted by atomic mass is 16.4. The fourth-order valence-corrected chi connectivity index (χ4v) is 0.552. The lowest BCUT2D eigenvalue weighted by atomic mass is 9.90. The molecule has 0 heterocycles. The molecule has 0 fully saturated rings. The second-order valence-electron chi connectivity index (χ2n) is 3.84. The van der Waals surface area contributed by atoms with Crippen LogP contribution in [0.15, 0.2) is 0 Å². The quantitative estimate of drug-likeness (QED) is 0.641. The summed E-state index contributed by atoms with van der Waals surface area (Å²) in [6.07, 6.45) is 0.417. The second-order valence-corrected chi connectivity index (χ2v) is 3.84. The molecule has 0 aromatic carbocycles. The van der Waals surface area contributed by atoms with E-state index in [1.807, 2.05) is 13.8 Å². The van der Waals surface area contributed by atoms with E-state index in [9.17, 15) is 4.79 Å². The molecular formula is C10H16O2. The van der Waals surface area contributed by atoms with Gasteiger partial charge in [-0.15, -0.1) is 11.8 Å². The molecule has 0 saturated heterocycles. The molecule has 2 nitrogen and oxygen atoms in total. The Morgan fingerprint density at radius 1 is 1.50 bits per heavy atom. The van der Waals surface area contributed by atoms with Gasteiger partial charge in [0.1, 0.15) is 0 Å². The molecule has 1 N–H and O–H groups in total. The molecule has 0 aliphatic heterocycles. The Bertz CT molecular complexity index is 216. The molecule has 0 atom stereocenters. The van der Waals surface area contributed by atoms with Gasteiger partial charge in [0.05, 0.1) is 5.41 Å². The molecular weight excluding hydrogens is 152 g/mol. The Labute approximate surface area is 74.0 Å². The van der Waals surface area contributed by atoms with Crippen molar-refractivity contribution < 1.29 is 9.90 Å². The van der Waals surface area contributed by atoms with Crippen LogP contribution in [-0.4, -0.2) is 11.1 Å². The Morgan fingerprint density at radius 3 is 2.33 bits per heavy atom. The molecule has 12 heavy (non-hydrogen) atoms. The normalized spacial score (nSPS) is 10.8. The van der Waals surface area contributed by atoms with Gasteiger partial charge >= 0.3 is 5.97 Å². The predicted octanol–water partition coefficient (Wildman–Crippen LogP) is 2.15. The molecule has 0 aromatic heterocycles. The van der Waals surface area contributed by atoms with Crippen molar-refractivity contribution in [3.05, 3.63) is 0 Å². The van der Waals surface area contributed by atoms with Gasteiger partial charge < -0.3 is 5.11 Å². The van der Waals surface area contributed by atoms with Gasteiger partial charge in [-0.05, 0) is 13.8 Å². The fraction of sp³-hybridized carbons (Fsp3) is 0.700. The van der Waals surface area contributed by atoms with Gasteiger partial charge in [0, 0.05) is 12.3 Å². The van der Waals surface area contributed by atoms with Crippen LogP contribution in [0.5, 0.6) is 0 Å². The largest absolute Gasteiger partial charge is 0.481 e. The zero-order valence-corrected chi connectivity index (χ0v) is 8.14. The van der Waals surface area contributed by atoms with E-state index in [-0.39, 0.29) is 0 Å². The molecule has 0 aromatic rings. The summed E-state index contributed by atoms with van der Waals surface area (Å²) in [5.74, 6) is 5.34. The van der Waals surface area contributed by atoms with Crippen molar-refractivity contribution in [2.75, 3.05) is 0 Å². The molecule has 0 amide bonds. The van der Waals surface area contributed by atoms with Crippen LogP contribution >= 0.6 is 0 Å². The van der Waals surface area contributed by atoms with Crippen molar-refractivity contribution in [2.45, 2.75) is 34.1 Å². The highest BCUT2D eigenvalue weighted by Gasteiger charge is 2.25. The predicted molar refractivity (Wildman–Crippen MR) is 48.6 cm³/mol. The summed E-state index contributed by atoms with van der Waals surface area (Å²) in [6.45, 7) is 7.34. The SMILES string of the molecule is CC(C)C#CCC(C)(C)C(=O)O. The minimum absolute atomic E-state index is 0.314. The average Bonchev–Trinajstić information content (AvgIpc) is 1.85. The topological polar surface area (TPSA) is 37.3 Å². The van der Waals surface area contributed by atoms with Crippen LogP contribution in [0.25, 0.3) is 0 Å². The molecule has 2 heteroatoms. The standard InChI is InChI=1S/C10H16O2/c1-8(2)6-5-7-10(3,4)9(11)12/h8H,7H2,1-4H3,(H,11,12). The summed E-state index contributed by atoms with van der Waals surface area (Å²) >= 11 is 0. The van der Waals surface area contributed by atoms with Crippen molar-refractivity contribution in [3.63, 3.8) is 0 Å². The van der Waals surface area contributed by atoms with Crippen LogP contribution in [0.2, 0.25) is 0 Å². The third-order valence-electron chi connectivity index (χ3n) is 1.50. The smallest absolute Gasteiger partial charge is 0.310 e. The summed E-state index contributed by atoms with van der Waals surface area (Å²) in [6, 6.07) is 0. The van der Waals surface area contributed by atoms with Gasteiger partial charge in [-0.2, -0.15) is 0 Å². The Hall–Kier alpha value is -0.970. The van der Waals surface area contributed by atoms with Crippen LogP contribution < -0.4 is 0 Å².